The molecule has 0 radical (unpaired) electrons. The molecule has 1 aliphatic carbocycles. The van der Waals surface area contributed by atoms with E-state index in [1.165, 1.54) is 12.8 Å². The Bertz CT molecular complexity index is 594. The number of hydrogen-bond donors (Lipinski definition) is 1. The summed E-state index contributed by atoms with van der Waals surface area (Å²) in [7, 11) is 5.66. The van der Waals surface area contributed by atoms with Crippen molar-refractivity contribution in [3.63, 3.8) is 0 Å². The molecule has 0 aromatic carbocycles. The molecule has 0 unspecified atom stereocenters. The lowest BCUT2D eigenvalue weighted by molar-refractivity contribution is 0.499. The molecule has 1 fully saturated rings. The van der Waals surface area contributed by atoms with Crippen molar-refractivity contribution >= 4 is 17.8 Å². The Morgan fingerprint density at radius 3 is 2.57 bits per heavy atom. The van der Waals surface area contributed by atoms with E-state index in [0.29, 0.717) is 30.4 Å². The molecule has 7 heteroatoms. The number of nitrogens with one attached hydrogen (secondary N) is 1. The van der Waals surface area contributed by atoms with Crippen molar-refractivity contribution in [3.05, 3.63) is 24.2 Å². The molecule has 1 aliphatic rings. The van der Waals surface area contributed by atoms with Gasteiger partial charge in [-0.15, -0.1) is 0 Å². The maximum atomic E-state index is 5.46. The molecule has 7 nitrogen and oxygen atoms in total. The smallest absolute Gasteiger partial charge is 0.232 e. The number of hydrogen-bond acceptors (Lipinski definition) is 7. The van der Waals surface area contributed by atoms with E-state index in [0.717, 1.165) is 5.76 Å². The van der Waals surface area contributed by atoms with Crippen molar-refractivity contribution in [2.24, 2.45) is 0 Å². The summed E-state index contributed by atoms with van der Waals surface area (Å²) in [6, 6.07) is 4.36. The number of anilines is 3. The Morgan fingerprint density at radius 1 is 1.24 bits per heavy atom. The van der Waals surface area contributed by atoms with Crippen LogP contribution in [0.1, 0.15) is 18.6 Å². The van der Waals surface area contributed by atoms with Crippen LogP contribution in [0.2, 0.25) is 0 Å². The van der Waals surface area contributed by atoms with Gasteiger partial charge in [-0.2, -0.15) is 15.0 Å². The zero-order valence-electron chi connectivity index (χ0n) is 12.6. The highest BCUT2D eigenvalue weighted by Gasteiger charge is 2.32. The van der Waals surface area contributed by atoms with Crippen LogP contribution in [0.15, 0.2) is 22.8 Å². The first-order valence-electron chi connectivity index (χ1n) is 7.07. The van der Waals surface area contributed by atoms with E-state index in [9.17, 15) is 0 Å². The first-order chi connectivity index (χ1) is 10.2. The predicted octanol–water partition coefficient (Wildman–Crippen LogP) is 1.74. The van der Waals surface area contributed by atoms with Crippen molar-refractivity contribution in [3.8, 4) is 0 Å². The van der Waals surface area contributed by atoms with E-state index < -0.39 is 0 Å². The molecule has 1 saturated carbocycles. The van der Waals surface area contributed by atoms with Gasteiger partial charge in [0.2, 0.25) is 17.8 Å². The van der Waals surface area contributed by atoms with E-state index in [1.54, 1.807) is 6.26 Å². The lowest BCUT2D eigenvalue weighted by Crippen LogP contribution is -2.28. The van der Waals surface area contributed by atoms with Gasteiger partial charge >= 0.3 is 0 Å². The Labute approximate surface area is 124 Å². The minimum atomic E-state index is 0.484. The quantitative estimate of drug-likeness (QED) is 0.868. The highest BCUT2D eigenvalue weighted by molar-refractivity contribution is 5.45. The lowest BCUT2D eigenvalue weighted by atomic mass is 10.4. The maximum absolute atomic E-state index is 5.46. The third-order valence-corrected chi connectivity index (χ3v) is 3.39. The van der Waals surface area contributed by atoms with Gasteiger partial charge in [-0.3, -0.25) is 0 Å². The van der Waals surface area contributed by atoms with E-state index in [1.807, 2.05) is 38.2 Å². The van der Waals surface area contributed by atoms with Gasteiger partial charge in [0.25, 0.3) is 0 Å². The van der Waals surface area contributed by atoms with Crippen molar-refractivity contribution in [1.82, 2.24) is 15.0 Å². The summed E-state index contributed by atoms with van der Waals surface area (Å²) < 4.78 is 5.46. The Hall–Kier alpha value is -2.31. The van der Waals surface area contributed by atoms with Gasteiger partial charge in [-0.1, -0.05) is 0 Å². The summed E-state index contributed by atoms with van der Waals surface area (Å²) in [5.41, 5.74) is 0. The zero-order chi connectivity index (χ0) is 14.8. The fourth-order valence-corrected chi connectivity index (χ4v) is 2.11. The number of nitrogens with zero attached hydrogens (tertiary/aromatic N) is 5. The van der Waals surface area contributed by atoms with E-state index in [4.69, 9.17) is 4.42 Å². The molecule has 21 heavy (non-hydrogen) atoms. The van der Waals surface area contributed by atoms with Crippen LogP contribution < -0.4 is 15.1 Å². The van der Waals surface area contributed by atoms with Gasteiger partial charge in [0.15, 0.2) is 0 Å². The SMILES string of the molecule is CNc1nc(N(C)C)nc(N(Cc2ccco2)C2CC2)n1. The highest BCUT2D eigenvalue weighted by Crippen LogP contribution is 2.32. The normalized spacial score (nSPS) is 14.0. The van der Waals surface area contributed by atoms with E-state index in [2.05, 4.69) is 25.2 Å². The Kier molecular flexibility index (Phi) is 3.64. The van der Waals surface area contributed by atoms with Crippen molar-refractivity contribution < 1.29 is 4.42 Å². The first kappa shape index (κ1) is 13.7. The van der Waals surface area contributed by atoms with Crippen LogP contribution in [0.5, 0.6) is 0 Å². The topological polar surface area (TPSA) is 70.3 Å². The summed E-state index contributed by atoms with van der Waals surface area (Å²) in [4.78, 5) is 17.5. The van der Waals surface area contributed by atoms with Crippen LogP contribution in [-0.2, 0) is 6.54 Å². The Morgan fingerprint density at radius 2 is 2.00 bits per heavy atom. The second kappa shape index (κ2) is 5.59. The van der Waals surface area contributed by atoms with Gasteiger partial charge in [0, 0.05) is 27.2 Å². The summed E-state index contributed by atoms with van der Waals surface area (Å²) in [5, 5.41) is 3.00. The van der Waals surface area contributed by atoms with Crippen molar-refractivity contribution in [1.29, 1.82) is 0 Å². The molecule has 3 rings (SSSR count). The maximum Gasteiger partial charge on any atom is 0.232 e. The molecule has 0 saturated heterocycles. The van der Waals surface area contributed by atoms with Crippen molar-refractivity contribution in [2.45, 2.75) is 25.4 Å². The molecule has 0 spiro atoms. The Balaban J connectivity index is 1.92. The van der Waals surface area contributed by atoms with Crippen LogP contribution in [0.4, 0.5) is 17.8 Å². The molecule has 2 aromatic rings. The molecule has 112 valence electrons. The van der Waals surface area contributed by atoms with Crippen LogP contribution >= 0.6 is 0 Å². The van der Waals surface area contributed by atoms with E-state index >= 15 is 0 Å². The van der Waals surface area contributed by atoms with Crippen LogP contribution in [-0.4, -0.2) is 42.1 Å². The minimum Gasteiger partial charge on any atom is -0.467 e. The molecular formula is C14H20N6O. The largest absolute Gasteiger partial charge is 0.467 e. The highest BCUT2D eigenvalue weighted by atomic mass is 16.3. The molecule has 0 atom stereocenters. The third-order valence-electron chi connectivity index (χ3n) is 3.39. The summed E-state index contributed by atoms with van der Waals surface area (Å²) in [5.74, 6) is 2.83. The third kappa shape index (κ3) is 3.07. The predicted molar refractivity (Wildman–Crippen MR) is 81.6 cm³/mol. The number of aromatic nitrogens is 3. The van der Waals surface area contributed by atoms with Crippen LogP contribution in [0.3, 0.4) is 0 Å². The number of furan rings is 1. The van der Waals surface area contributed by atoms with E-state index in [-0.39, 0.29) is 0 Å². The number of rotatable bonds is 6. The van der Waals surface area contributed by atoms with Gasteiger partial charge in [-0.05, 0) is 25.0 Å². The molecule has 0 bridgehead atoms. The summed E-state index contributed by atoms with van der Waals surface area (Å²) >= 11 is 0. The fourth-order valence-electron chi connectivity index (χ4n) is 2.11. The minimum absolute atomic E-state index is 0.484. The molecular weight excluding hydrogens is 268 g/mol. The first-order valence-corrected chi connectivity index (χ1v) is 7.07. The monoisotopic (exact) mass is 288 g/mol. The lowest BCUT2D eigenvalue weighted by Gasteiger charge is -2.23. The summed E-state index contributed by atoms with van der Waals surface area (Å²) in [6.07, 6.45) is 4.02. The summed E-state index contributed by atoms with van der Waals surface area (Å²) in [6.45, 7) is 0.678. The van der Waals surface area contributed by atoms with Crippen LogP contribution in [0, 0.1) is 0 Å². The standard InChI is InChI=1S/C14H20N6O/c1-15-12-16-13(19(2)3)18-14(17-12)20(10-6-7-10)9-11-5-4-8-21-11/h4-5,8,10H,6-7,9H2,1-3H3,(H,15,16,17,18). The van der Waals surface area contributed by atoms with Crippen LogP contribution in [0.25, 0.3) is 0 Å². The average Bonchev–Trinajstić information content (AvgIpc) is 3.20. The fraction of sp³-hybridized carbons (Fsp3) is 0.500. The molecule has 0 aliphatic heterocycles. The zero-order valence-corrected chi connectivity index (χ0v) is 12.6. The second-order valence-electron chi connectivity index (χ2n) is 5.34. The van der Waals surface area contributed by atoms with Gasteiger partial charge < -0.3 is 19.5 Å². The molecule has 1 N–H and O–H groups in total. The second-order valence-corrected chi connectivity index (χ2v) is 5.34. The average molecular weight is 288 g/mol. The van der Waals surface area contributed by atoms with Gasteiger partial charge in [0.1, 0.15) is 5.76 Å². The van der Waals surface area contributed by atoms with Crippen molar-refractivity contribution in [2.75, 3.05) is 36.3 Å². The van der Waals surface area contributed by atoms with Gasteiger partial charge in [0.05, 0.1) is 12.8 Å². The molecule has 0 amide bonds. The molecule has 2 aromatic heterocycles. The van der Waals surface area contributed by atoms with Gasteiger partial charge in [-0.25, -0.2) is 0 Å². The molecule has 2 heterocycles.